The predicted octanol–water partition coefficient (Wildman–Crippen LogP) is 5.34. The van der Waals surface area contributed by atoms with Crippen molar-refractivity contribution < 1.29 is 4.79 Å². The van der Waals surface area contributed by atoms with Crippen LogP contribution in [0.15, 0.2) is 34.0 Å². The van der Waals surface area contributed by atoms with Crippen molar-refractivity contribution in [3.05, 3.63) is 50.2 Å². The highest BCUT2D eigenvalue weighted by molar-refractivity contribution is 5.87. The van der Waals surface area contributed by atoms with E-state index in [1.54, 1.807) is 18.2 Å². The summed E-state index contributed by atoms with van der Waals surface area (Å²) in [7, 11) is 0. The van der Waals surface area contributed by atoms with Gasteiger partial charge in [-0.1, -0.05) is 47.0 Å². The van der Waals surface area contributed by atoms with Crippen LogP contribution in [0, 0.1) is 5.92 Å². The van der Waals surface area contributed by atoms with Crippen LogP contribution in [0.1, 0.15) is 31.7 Å². The molecule has 0 N–H and O–H groups in total. The highest BCUT2D eigenvalue weighted by atomic mass is 16.1. The molecule has 1 aliphatic rings. The SMILES string of the molecule is CC1C(=O)CCCC1=Cc1cccc(N=[N+]=[N-])c1N=[N+]=[N-]. The fourth-order valence-electron chi connectivity index (χ4n) is 2.45. The summed E-state index contributed by atoms with van der Waals surface area (Å²) in [5, 5.41) is 7.15. The molecule has 1 aromatic carbocycles. The Labute approximate surface area is 121 Å². The van der Waals surface area contributed by atoms with Gasteiger partial charge in [0, 0.05) is 27.8 Å². The summed E-state index contributed by atoms with van der Waals surface area (Å²) in [5.41, 5.74) is 19.5. The van der Waals surface area contributed by atoms with Crippen molar-refractivity contribution in [2.24, 2.45) is 16.1 Å². The molecule has 7 nitrogen and oxygen atoms in total. The standard InChI is InChI=1S/C14H14N6O/c1-9-10(4-3-7-13(9)21)8-11-5-2-6-12(17-19-15)14(11)18-20-16/h2,5-6,8-9H,3-4,7H2,1H3. The van der Waals surface area contributed by atoms with Gasteiger partial charge < -0.3 is 0 Å². The van der Waals surface area contributed by atoms with Crippen molar-refractivity contribution in [1.29, 1.82) is 0 Å². The average Bonchev–Trinajstić information content (AvgIpc) is 2.47. The van der Waals surface area contributed by atoms with Crippen molar-refractivity contribution in [2.45, 2.75) is 26.2 Å². The Bertz CT molecular complexity index is 695. The molecule has 0 heterocycles. The molecule has 1 saturated carbocycles. The lowest BCUT2D eigenvalue weighted by molar-refractivity contribution is -0.122. The molecule has 1 fully saturated rings. The Morgan fingerprint density at radius 1 is 1.24 bits per heavy atom. The number of benzene rings is 1. The van der Waals surface area contributed by atoms with Crippen LogP contribution < -0.4 is 0 Å². The number of azide groups is 2. The van der Waals surface area contributed by atoms with E-state index in [0.29, 0.717) is 12.0 Å². The summed E-state index contributed by atoms with van der Waals surface area (Å²) in [6, 6.07) is 5.09. The van der Waals surface area contributed by atoms with Crippen LogP contribution in [0.2, 0.25) is 0 Å². The fourth-order valence-corrected chi connectivity index (χ4v) is 2.45. The van der Waals surface area contributed by atoms with Gasteiger partial charge in [-0.2, -0.15) is 0 Å². The second-order valence-corrected chi connectivity index (χ2v) is 4.85. The van der Waals surface area contributed by atoms with Crippen LogP contribution >= 0.6 is 0 Å². The highest BCUT2D eigenvalue weighted by Gasteiger charge is 2.22. The molecule has 7 heteroatoms. The highest BCUT2D eigenvalue weighted by Crippen LogP contribution is 2.36. The first-order chi connectivity index (χ1) is 10.2. The second kappa shape index (κ2) is 6.61. The summed E-state index contributed by atoms with van der Waals surface area (Å²) in [6.45, 7) is 1.89. The van der Waals surface area contributed by atoms with E-state index in [9.17, 15) is 4.79 Å². The minimum absolute atomic E-state index is 0.124. The third-order valence-corrected chi connectivity index (χ3v) is 3.61. The van der Waals surface area contributed by atoms with E-state index in [4.69, 9.17) is 11.1 Å². The normalized spacial score (nSPS) is 19.8. The number of carbonyl (C=O) groups is 1. The molecular formula is C14H14N6O. The molecular weight excluding hydrogens is 268 g/mol. The van der Waals surface area contributed by atoms with Gasteiger partial charge in [0.25, 0.3) is 0 Å². The number of carbonyl (C=O) groups excluding carboxylic acids is 1. The smallest absolute Gasteiger partial charge is 0.139 e. The third kappa shape index (κ3) is 3.23. The summed E-state index contributed by atoms with van der Waals surface area (Å²) in [6.07, 6.45) is 4.15. The van der Waals surface area contributed by atoms with Gasteiger partial charge in [-0.3, -0.25) is 4.79 Å². The van der Waals surface area contributed by atoms with Crippen LogP contribution in [-0.4, -0.2) is 5.78 Å². The molecule has 1 aliphatic carbocycles. The average molecular weight is 282 g/mol. The van der Waals surface area contributed by atoms with Crippen molar-refractivity contribution >= 4 is 23.2 Å². The Morgan fingerprint density at radius 3 is 2.71 bits per heavy atom. The van der Waals surface area contributed by atoms with Gasteiger partial charge in [0.15, 0.2) is 0 Å². The minimum Gasteiger partial charge on any atom is -0.299 e. The first kappa shape index (κ1) is 14.7. The number of allylic oxidation sites excluding steroid dienone is 1. The summed E-state index contributed by atoms with van der Waals surface area (Å²) < 4.78 is 0. The van der Waals surface area contributed by atoms with Gasteiger partial charge in [0.05, 0.1) is 5.69 Å². The molecule has 2 rings (SSSR count). The number of hydrogen-bond donors (Lipinski definition) is 0. The monoisotopic (exact) mass is 282 g/mol. The molecule has 0 bridgehead atoms. The number of ketones is 1. The lowest BCUT2D eigenvalue weighted by Crippen LogP contribution is -2.18. The number of Topliss-reactive ketones (excluding diaryl/α,β-unsaturated/α-hetero) is 1. The summed E-state index contributed by atoms with van der Waals surface area (Å²) in [4.78, 5) is 17.3. The van der Waals surface area contributed by atoms with E-state index in [-0.39, 0.29) is 23.1 Å². The molecule has 1 atom stereocenters. The first-order valence-electron chi connectivity index (χ1n) is 6.63. The van der Waals surface area contributed by atoms with Crippen LogP contribution in [0.4, 0.5) is 11.4 Å². The number of hydrogen-bond acceptors (Lipinski definition) is 3. The predicted molar refractivity (Wildman–Crippen MR) is 80.1 cm³/mol. The largest absolute Gasteiger partial charge is 0.299 e. The van der Waals surface area contributed by atoms with E-state index in [1.165, 1.54) is 0 Å². The molecule has 106 valence electrons. The molecule has 0 aromatic heterocycles. The zero-order valence-electron chi connectivity index (χ0n) is 11.6. The molecule has 0 spiro atoms. The Kier molecular flexibility index (Phi) is 4.61. The van der Waals surface area contributed by atoms with E-state index >= 15 is 0 Å². The molecule has 21 heavy (non-hydrogen) atoms. The lowest BCUT2D eigenvalue weighted by Gasteiger charge is -2.21. The topological polar surface area (TPSA) is 115 Å². The fraction of sp³-hybridized carbons (Fsp3) is 0.357. The first-order valence-corrected chi connectivity index (χ1v) is 6.63. The van der Waals surface area contributed by atoms with Gasteiger partial charge in [-0.15, -0.1) is 0 Å². The zero-order valence-corrected chi connectivity index (χ0v) is 11.6. The number of rotatable bonds is 3. The molecule has 0 aliphatic heterocycles. The maximum atomic E-state index is 11.8. The minimum atomic E-state index is -0.124. The van der Waals surface area contributed by atoms with Gasteiger partial charge in [0.2, 0.25) is 0 Å². The van der Waals surface area contributed by atoms with Gasteiger partial charge in [-0.25, -0.2) is 0 Å². The van der Waals surface area contributed by atoms with Crippen molar-refractivity contribution in [1.82, 2.24) is 0 Å². The van der Waals surface area contributed by atoms with Crippen LogP contribution in [0.3, 0.4) is 0 Å². The second-order valence-electron chi connectivity index (χ2n) is 4.85. The van der Waals surface area contributed by atoms with E-state index in [2.05, 4.69) is 20.1 Å². The van der Waals surface area contributed by atoms with Crippen molar-refractivity contribution in [3.63, 3.8) is 0 Å². The Balaban J connectivity index is 2.53. The van der Waals surface area contributed by atoms with Crippen molar-refractivity contribution in [3.8, 4) is 0 Å². The molecule has 0 saturated heterocycles. The third-order valence-electron chi connectivity index (χ3n) is 3.61. The molecule has 0 amide bonds. The maximum Gasteiger partial charge on any atom is 0.139 e. The lowest BCUT2D eigenvalue weighted by atomic mass is 9.83. The van der Waals surface area contributed by atoms with Gasteiger partial charge in [0.1, 0.15) is 5.78 Å². The van der Waals surface area contributed by atoms with Crippen molar-refractivity contribution in [2.75, 3.05) is 0 Å². The molecule has 1 unspecified atom stereocenters. The Morgan fingerprint density at radius 2 is 2.00 bits per heavy atom. The van der Waals surface area contributed by atoms with E-state index < -0.39 is 0 Å². The quantitative estimate of drug-likeness (QED) is 0.415. The van der Waals surface area contributed by atoms with Crippen LogP contribution in [0.5, 0.6) is 0 Å². The maximum absolute atomic E-state index is 11.8. The summed E-state index contributed by atoms with van der Waals surface area (Å²) in [5.74, 6) is 0.102. The van der Waals surface area contributed by atoms with Crippen LogP contribution in [0.25, 0.3) is 27.0 Å². The van der Waals surface area contributed by atoms with E-state index in [0.717, 1.165) is 18.4 Å². The van der Waals surface area contributed by atoms with Crippen LogP contribution in [-0.2, 0) is 4.79 Å². The van der Waals surface area contributed by atoms with E-state index in [1.807, 2.05) is 13.0 Å². The summed E-state index contributed by atoms with van der Waals surface area (Å²) >= 11 is 0. The molecule has 0 radical (unpaired) electrons. The zero-order chi connectivity index (χ0) is 15.2. The van der Waals surface area contributed by atoms with Gasteiger partial charge >= 0.3 is 0 Å². The molecule has 1 aromatic rings. The number of nitrogens with zero attached hydrogens (tertiary/aromatic N) is 6. The van der Waals surface area contributed by atoms with Gasteiger partial charge in [-0.05, 0) is 29.5 Å². The Hall–Kier alpha value is -2.75.